The van der Waals surface area contributed by atoms with Crippen molar-refractivity contribution < 1.29 is 24.2 Å². The van der Waals surface area contributed by atoms with E-state index in [1.807, 2.05) is 0 Å². The SMILES string of the molecule is COc1ccc(N2C[C@@H](NC(=O)N3CCC(O)CC3)CC2=O)cc1OC. The molecule has 0 spiro atoms. The Bertz CT molecular complexity index is 673. The maximum absolute atomic E-state index is 12.4. The van der Waals surface area contributed by atoms with Crippen molar-refractivity contribution >= 4 is 17.6 Å². The number of hydrogen-bond donors (Lipinski definition) is 2. The minimum absolute atomic E-state index is 0.0448. The second-order valence-electron chi connectivity index (χ2n) is 6.61. The van der Waals surface area contributed by atoms with E-state index in [1.54, 1.807) is 42.2 Å². The van der Waals surface area contributed by atoms with Gasteiger partial charge in [0.05, 0.1) is 26.4 Å². The highest BCUT2D eigenvalue weighted by Crippen LogP contribution is 2.33. The molecule has 0 aromatic heterocycles. The third kappa shape index (κ3) is 3.85. The molecule has 0 radical (unpaired) electrons. The summed E-state index contributed by atoms with van der Waals surface area (Å²) in [6.07, 6.45) is 1.12. The zero-order valence-corrected chi connectivity index (χ0v) is 15.1. The van der Waals surface area contributed by atoms with Gasteiger partial charge >= 0.3 is 6.03 Å². The van der Waals surface area contributed by atoms with Gasteiger partial charge in [-0.2, -0.15) is 0 Å². The molecule has 0 saturated carbocycles. The quantitative estimate of drug-likeness (QED) is 0.832. The van der Waals surface area contributed by atoms with E-state index in [0.29, 0.717) is 49.7 Å². The number of piperidine rings is 1. The maximum atomic E-state index is 12.4. The van der Waals surface area contributed by atoms with Gasteiger partial charge in [-0.1, -0.05) is 0 Å². The molecule has 1 aromatic rings. The predicted octanol–water partition coefficient (Wildman–Crippen LogP) is 0.975. The van der Waals surface area contributed by atoms with Gasteiger partial charge in [0, 0.05) is 37.8 Å². The summed E-state index contributed by atoms with van der Waals surface area (Å²) in [5.41, 5.74) is 0.713. The van der Waals surface area contributed by atoms with Crippen molar-refractivity contribution in [1.82, 2.24) is 10.2 Å². The molecule has 2 aliphatic rings. The topological polar surface area (TPSA) is 91.3 Å². The Morgan fingerprint density at radius 1 is 1.19 bits per heavy atom. The molecule has 2 fully saturated rings. The van der Waals surface area contributed by atoms with E-state index in [-0.39, 0.29) is 30.5 Å². The summed E-state index contributed by atoms with van der Waals surface area (Å²) in [6, 6.07) is 4.90. The molecule has 3 amide bonds. The van der Waals surface area contributed by atoms with Crippen molar-refractivity contribution in [3.63, 3.8) is 0 Å². The van der Waals surface area contributed by atoms with Gasteiger partial charge in [0.1, 0.15) is 0 Å². The number of ether oxygens (including phenoxy) is 2. The van der Waals surface area contributed by atoms with E-state index >= 15 is 0 Å². The third-order valence-electron chi connectivity index (χ3n) is 4.88. The molecule has 2 N–H and O–H groups in total. The van der Waals surface area contributed by atoms with Crippen LogP contribution in [0, 0.1) is 0 Å². The van der Waals surface area contributed by atoms with Crippen molar-refractivity contribution in [2.45, 2.75) is 31.4 Å². The summed E-state index contributed by atoms with van der Waals surface area (Å²) in [6.45, 7) is 1.48. The first-order valence-electron chi connectivity index (χ1n) is 8.77. The molecule has 26 heavy (non-hydrogen) atoms. The Morgan fingerprint density at radius 2 is 1.88 bits per heavy atom. The van der Waals surface area contributed by atoms with Crippen molar-refractivity contribution in [3.8, 4) is 11.5 Å². The van der Waals surface area contributed by atoms with Crippen LogP contribution < -0.4 is 19.7 Å². The summed E-state index contributed by atoms with van der Waals surface area (Å²) in [7, 11) is 3.11. The first kappa shape index (κ1) is 18.3. The zero-order chi connectivity index (χ0) is 18.7. The van der Waals surface area contributed by atoms with Gasteiger partial charge in [-0.3, -0.25) is 4.79 Å². The highest BCUT2D eigenvalue weighted by molar-refractivity contribution is 5.97. The Balaban J connectivity index is 1.62. The average molecular weight is 363 g/mol. The summed E-state index contributed by atoms with van der Waals surface area (Å²) in [5, 5.41) is 12.5. The number of amides is 3. The molecular formula is C18H25N3O5. The standard InChI is InChI=1S/C18H25N3O5/c1-25-15-4-3-13(10-16(15)26-2)21-11-12(9-17(21)23)19-18(24)20-7-5-14(22)6-8-20/h3-4,10,12,14,22H,5-9,11H2,1-2H3,(H,19,24)/t12-/m0/s1. The molecule has 142 valence electrons. The van der Waals surface area contributed by atoms with Crippen LogP contribution in [0.4, 0.5) is 10.5 Å². The first-order valence-corrected chi connectivity index (χ1v) is 8.77. The largest absolute Gasteiger partial charge is 0.493 e. The molecule has 8 nitrogen and oxygen atoms in total. The fourth-order valence-corrected chi connectivity index (χ4v) is 3.38. The van der Waals surface area contributed by atoms with Gasteiger partial charge < -0.3 is 29.7 Å². The van der Waals surface area contributed by atoms with Gasteiger partial charge in [-0.15, -0.1) is 0 Å². The second-order valence-corrected chi connectivity index (χ2v) is 6.61. The number of carbonyl (C=O) groups excluding carboxylic acids is 2. The van der Waals surface area contributed by atoms with Gasteiger partial charge in [0.15, 0.2) is 11.5 Å². The van der Waals surface area contributed by atoms with E-state index in [0.717, 1.165) is 0 Å². The van der Waals surface area contributed by atoms with Gasteiger partial charge in [0.25, 0.3) is 0 Å². The number of anilines is 1. The number of urea groups is 1. The molecule has 2 saturated heterocycles. The smallest absolute Gasteiger partial charge is 0.317 e. The molecule has 8 heteroatoms. The molecular weight excluding hydrogens is 338 g/mol. The summed E-state index contributed by atoms with van der Waals surface area (Å²) < 4.78 is 10.5. The molecule has 3 rings (SSSR count). The second kappa shape index (κ2) is 7.82. The van der Waals surface area contributed by atoms with Crippen LogP contribution in [0.5, 0.6) is 11.5 Å². The number of aliphatic hydroxyl groups is 1. The number of hydrogen-bond acceptors (Lipinski definition) is 5. The summed E-state index contributed by atoms with van der Waals surface area (Å²) in [5.74, 6) is 1.11. The van der Waals surface area contributed by atoms with Crippen LogP contribution in [0.3, 0.4) is 0 Å². The van der Waals surface area contributed by atoms with Crippen molar-refractivity contribution in [2.75, 3.05) is 38.8 Å². The number of aliphatic hydroxyl groups excluding tert-OH is 1. The normalized spacial score (nSPS) is 21.0. The third-order valence-corrected chi connectivity index (χ3v) is 4.88. The summed E-state index contributed by atoms with van der Waals surface area (Å²) >= 11 is 0. The number of likely N-dealkylation sites (tertiary alicyclic amines) is 1. The molecule has 2 heterocycles. The fourth-order valence-electron chi connectivity index (χ4n) is 3.38. The van der Waals surface area contributed by atoms with Crippen molar-refractivity contribution in [1.29, 1.82) is 0 Å². The first-order chi connectivity index (χ1) is 12.5. The number of nitrogens with zero attached hydrogens (tertiary/aromatic N) is 2. The van der Waals surface area contributed by atoms with Crippen LogP contribution in [0.2, 0.25) is 0 Å². The Kier molecular flexibility index (Phi) is 5.51. The van der Waals surface area contributed by atoms with Crippen molar-refractivity contribution in [2.24, 2.45) is 0 Å². The van der Waals surface area contributed by atoms with Crippen LogP contribution in [0.25, 0.3) is 0 Å². The van der Waals surface area contributed by atoms with Gasteiger partial charge in [-0.25, -0.2) is 4.79 Å². The minimum Gasteiger partial charge on any atom is -0.493 e. The van der Waals surface area contributed by atoms with E-state index in [9.17, 15) is 14.7 Å². The lowest BCUT2D eigenvalue weighted by molar-refractivity contribution is -0.117. The Hall–Kier alpha value is -2.48. The highest BCUT2D eigenvalue weighted by Gasteiger charge is 2.33. The van der Waals surface area contributed by atoms with Crippen LogP contribution >= 0.6 is 0 Å². The number of nitrogens with one attached hydrogen (secondary N) is 1. The number of carbonyl (C=O) groups is 2. The Morgan fingerprint density at radius 3 is 2.54 bits per heavy atom. The molecule has 1 atom stereocenters. The van der Waals surface area contributed by atoms with E-state index in [2.05, 4.69) is 5.32 Å². The molecule has 0 unspecified atom stereocenters. The van der Waals surface area contributed by atoms with Crippen LogP contribution in [0.15, 0.2) is 18.2 Å². The van der Waals surface area contributed by atoms with Gasteiger partial charge in [0.2, 0.25) is 5.91 Å². The lowest BCUT2D eigenvalue weighted by Crippen LogP contribution is -2.49. The number of benzene rings is 1. The Labute approximate surface area is 152 Å². The number of rotatable bonds is 4. The van der Waals surface area contributed by atoms with Crippen LogP contribution in [-0.4, -0.2) is 67.9 Å². The zero-order valence-electron chi connectivity index (χ0n) is 15.1. The van der Waals surface area contributed by atoms with Crippen LogP contribution in [-0.2, 0) is 4.79 Å². The van der Waals surface area contributed by atoms with Crippen molar-refractivity contribution in [3.05, 3.63) is 18.2 Å². The summed E-state index contributed by atoms with van der Waals surface area (Å²) in [4.78, 5) is 28.1. The molecule has 1 aromatic carbocycles. The predicted molar refractivity (Wildman–Crippen MR) is 95.6 cm³/mol. The van der Waals surface area contributed by atoms with E-state index in [4.69, 9.17) is 9.47 Å². The molecule has 2 aliphatic heterocycles. The lowest BCUT2D eigenvalue weighted by atomic mass is 10.1. The van der Waals surface area contributed by atoms with Crippen LogP contribution in [0.1, 0.15) is 19.3 Å². The van der Waals surface area contributed by atoms with Gasteiger partial charge in [-0.05, 0) is 25.0 Å². The lowest BCUT2D eigenvalue weighted by Gasteiger charge is -2.30. The van der Waals surface area contributed by atoms with E-state index in [1.165, 1.54) is 0 Å². The average Bonchev–Trinajstić information content (AvgIpc) is 3.01. The maximum Gasteiger partial charge on any atom is 0.317 e. The van der Waals surface area contributed by atoms with E-state index < -0.39 is 0 Å². The number of methoxy groups -OCH3 is 2. The highest BCUT2D eigenvalue weighted by atomic mass is 16.5. The molecule has 0 aliphatic carbocycles. The fraction of sp³-hybridized carbons (Fsp3) is 0.556. The molecule has 0 bridgehead atoms. The minimum atomic E-state index is -0.326. The monoisotopic (exact) mass is 363 g/mol.